The standard InChI is InChI=1S/C71H59N5O2.Pt/c1-43(2)58-37-54(49-20-13-10-14-21-49)38-59(44(3)4)67(58)75-65-25-16-15-24-63(65)73-70(75)53-22-17-23-56(36-53)78-57-35-52-32-33-77-69(52)62(41-57)71-74-64-34-47(42-72)26-31-66(64)76(71)68-60(45(5)6)39-55(40-61(68)46(7)8)51-29-27-50(28-30-51)48-18-11-9-12-19-48;/h9-35,37-40,43-46H,1-8H3;/q-2;+2. The number of furan rings is 1. The molecular weight excluding hydrogens is 1150 g/mol. The Morgan fingerprint density at radius 1 is 0.468 bits per heavy atom. The van der Waals surface area contributed by atoms with Gasteiger partial charge >= 0.3 is 21.1 Å². The van der Waals surface area contributed by atoms with E-state index in [0.717, 1.165) is 55.8 Å². The molecule has 390 valence electrons. The first-order valence-electron chi connectivity index (χ1n) is 27.0. The number of para-hydroxylation sites is 2. The van der Waals surface area contributed by atoms with Gasteiger partial charge in [0.1, 0.15) is 0 Å². The quantitative estimate of drug-likeness (QED) is 0.107. The van der Waals surface area contributed by atoms with E-state index in [9.17, 15) is 5.26 Å². The van der Waals surface area contributed by atoms with E-state index >= 15 is 0 Å². The third-order valence-electron chi connectivity index (χ3n) is 15.0. The van der Waals surface area contributed by atoms with E-state index in [1.54, 1.807) is 6.26 Å². The summed E-state index contributed by atoms with van der Waals surface area (Å²) >= 11 is 0. The number of hydrogen-bond donors (Lipinski definition) is 0. The molecule has 7 nitrogen and oxygen atoms in total. The third kappa shape index (κ3) is 9.81. The maximum atomic E-state index is 10.1. The van der Waals surface area contributed by atoms with Crippen molar-refractivity contribution in [3.63, 3.8) is 0 Å². The van der Waals surface area contributed by atoms with Gasteiger partial charge in [-0.2, -0.15) is 5.26 Å². The molecule has 0 saturated heterocycles. The van der Waals surface area contributed by atoms with Crippen LogP contribution in [0.25, 0.3) is 101 Å². The van der Waals surface area contributed by atoms with Gasteiger partial charge in [-0.25, -0.2) is 0 Å². The van der Waals surface area contributed by atoms with Gasteiger partial charge in [-0.05, 0) is 140 Å². The maximum absolute atomic E-state index is 10.1. The number of rotatable bonds is 13. The fourth-order valence-electron chi connectivity index (χ4n) is 11.0. The Hall–Kier alpha value is -8.56. The Labute approximate surface area is 477 Å². The van der Waals surface area contributed by atoms with Crippen LogP contribution >= 0.6 is 0 Å². The van der Waals surface area contributed by atoms with Crippen molar-refractivity contribution in [3.05, 3.63) is 228 Å². The van der Waals surface area contributed by atoms with Gasteiger partial charge < -0.3 is 18.3 Å². The summed E-state index contributed by atoms with van der Waals surface area (Å²) in [7, 11) is 0. The average Bonchev–Trinajstić information content (AvgIpc) is 4.35. The van der Waals surface area contributed by atoms with Gasteiger partial charge in [-0.3, -0.25) is 9.97 Å². The van der Waals surface area contributed by atoms with Crippen molar-refractivity contribution in [2.24, 2.45) is 0 Å². The summed E-state index contributed by atoms with van der Waals surface area (Å²) < 4.78 is 17.8. The number of nitriles is 1. The van der Waals surface area contributed by atoms with Crippen molar-refractivity contribution in [2.75, 3.05) is 0 Å². The zero-order chi connectivity index (χ0) is 53.8. The molecular formula is C71H59N5O2Pt. The van der Waals surface area contributed by atoms with Crippen molar-refractivity contribution < 1.29 is 30.2 Å². The van der Waals surface area contributed by atoms with Crippen LogP contribution in [0.3, 0.4) is 0 Å². The van der Waals surface area contributed by atoms with Crippen molar-refractivity contribution in [2.45, 2.75) is 79.1 Å². The summed E-state index contributed by atoms with van der Waals surface area (Å²) in [6.45, 7) is 18.1. The van der Waals surface area contributed by atoms with Gasteiger partial charge in [-0.1, -0.05) is 182 Å². The van der Waals surface area contributed by atoms with E-state index in [1.807, 2.05) is 54.6 Å². The van der Waals surface area contributed by atoms with Crippen molar-refractivity contribution in [1.29, 1.82) is 5.26 Å². The number of fused-ring (bicyclic) bond motifs is 3. The molecule has 0 aliphatic rings. The molecule has 0 unspecified atom stereocenters. The molecule has 9 aromatic carbocycles. The summed E-state index contributed by atoms with van der Waals surface area (Å²) in [6.07, 6.45) is 1.70. The Morgan fingerprint density at radius 2 is 0.975 bits per heavy atom. The van der Waals surface area contributed by atoms with Crippen LogP contribution in [-0.2, 0) is 21.1 Å². The smallest absolute Gasteiger partial charge is 0.508 e. The minimum Gasteiger partial charge on any atom is -0.508 e. The van der Waals surface area contributed by atoms with Crippen LogP contribution in [0.1, 0.15) is 107 Å². The van der Waals surface area contributed by atoms with Crippen molar-refractivity contribution in [1.82, 2.24) is 19.1 Å². The van der Waals surface area contributed by atoms with Crippen LogP contribution in [-0.4, -0.2) is 19.1 Å². The van der Waals surface area contributed by atoms with Gasteiger partial charge in [0.2, 0.25) is 0 Å². The minimum absolute atomic E-state index is 0. The summed E-state index contributed by atoms with van der Waals surface area (Å²) in [4.78, 5) is 10.7. The molecule has 0 spiro atoms. The Morgan fingerprint density at radius 3 is 1.56 bits per heavy atom. The van der Waals surface area contributed by atoms with Gasteiger partial charge in [-0.15, -0.1) is 23.8 Å². The first kappa shape index (κ1) is 52.5. The summed E-state index contributed by atoms with van der Waals surface area (Å²) in [5, 5.41) is 11.0. The van der Waals surface area contributed by atoms with E-state index in [1.165, 1.54) is 44.5 Å². The van der Waals surface area contributed by atoms with E-state index in [-0.39, 0.29) is 44.7 Å². The predicted molar refractivity (Wildman–Crippen MR) is 318 cm³/mol. The van der Waals surface area contributed by atoms with Crippen molar-refractivity contribution >= 4 is 33.0 Å². The fraction of sp³-hybridized carbons (Fsp3) is 0.169. The van der Waals surface area contributed by atoms with Gasteiger partial charge in [0.25, 0.3) is 0 Å². The average molecular weight is 1210 g/mol. The van der Waals surface area contributed by atoms with Crippen molar-refractivity contribution in [3.8, 4) is 85.1 Å². The number of aromatic nitrogens is 4. The fourth-order valence-corrected chi connectivity index (χ4v) is 11.0. The van der Waals surface area contributed by atoms with Gasteiger partial charge in [0.15, 0.2) is 0 Å². The Bertz CT molecular complexity index is 4190. The molecule has 3 aromatic heterocycles. The monoisotopic (exact) mass is 1210 g/mol. The third-order valence-corrected chi connectivity index (χ3v) is 15.0. The molecule has 3 heterocycles. The number of ether oxygens (including phenoxy) is 1. The molecule has 0 aliphatic heterocycles. The number of hydrogen-bond acceptors (Lipinski definition) is 5. The second-order valence-corrected chi connectivity index (χ2v) is 21.5. The Balaban J connectivity index is 0.00000660. The van der Waals surface area contributed by atoms with E-state index in [2.05, 4.69) is 210 Å². The molecule has 8 heteroatoms. The molecule has 0 fully saturated rings. The molecule has 0 bridgehead atoms. The normalized spacial score (nSPS) is 11.6. The second-order valence-electron chi connectivity index (χ2n) is 21.5. The summed E-state index contributed by atoms with van der Waals surface area (Å²) in [5.41, 5.74) is 20.1. The predicted octanol–water partition coefficient (Wildman–Crippen LogP) is 19.2. The first-order chi connectivity index (χ1) is 37.9. The molecule has 0 atom stereocenters. The van der Waals surface area contributed by atoms with Crippen LogP contribution in [0.15, 0.2) is 193 Å². The largest absolute Gasteiger partial charge is 2.00 e. The molecule has 79 heavy (non-hydrogen) atoms. The molecule has 0 radical (unpaired) electrons. The van der Waals surface area contributed by atoms with E-state index < -0.39 is 0 Å². The molecule has 0 N–H and O–H groups in total. The topological polar surface area (TPSA) is 81.8 Å². The SMILES string of the molecule is CC(C)c1cc(-c2ccccc2)cc(C(C)C)c1-n1c(-c2[c-]c(Oc3[c-]c(-c4nc5cc(C#N)ccc5n4-c4c(C(C)C)cc(-c5ccc(-c6ccccc6)cc5)cc4C(C)C)c4occc4c3)ccc2)nc2ccccc21.[Pt+2]. The zero-order valence-electron chi connectivity index (χ0n) is 45.6. The molecule has 0 amide bonds. The van der Waals surface area contributed by atoms with Crippen LogP contribution < -0.4 is 4.74 Å². The molecule has 12 rings (SSSR count). The van der Waals surface area contributed by atoms with Crippen LogP contribution in [0.5, 0.6) is 11.5 Å². The summed E-state index contributed by atoms with van der Waals surface area (Å²) in [5.74, 6) is 3.07. The first-order valence-corrected chi connectivity index (χ1v) is 27.0. The zero-order valence-corrected chi connectivity index (χ0v) is 47.8. The number of nitrogens with zero attached hydrogens (tertiary/aromatic N) is 5. The van der Waals surface area contributed by atoms with Crippen LogP contribution in [0.4, 0.5) is 0 Å². The Kier molecular flexibility index (Phi) is 14.4. The second kappa shape index (κ2) is 21.7. The van der Waals surface area contributed by atoms with Crippen LogP contribution in [0.2, 0.25) is 0 Å². The van der Waals surface area contributed by atoms with E-state index in [4.69, 9.17) is 19.1 Å². The van der Waals surface area contributed by atoms with Crippen LogP contribution in [0, 0.1) is 23.5 Å². The molecule has 0 saturated carbocycles. The summed E-state index contributed by atoms with van der Waals surface area (Å²) in [6, 6.07) is 73.0. The maximum Gasteiger partial charge on any atom is 2.00 e. The molecule has 12 aromatic rings. The number of imidazole rings is 2. The van der Waals surface area contributed by atoms with E-state index in [0.29, 0.717) is 39.6 Å². The molecule has 0 aliphatic carbocycles. The van der Waals surface area contributed by atoms with Gasteiger partial charge in [0.05, 0.1) is 57.2 Å². The minimum atomic E-state index is 0. The number of benzene rings is 9. The van der Waals surface area contributed by atoms with Gasteiger partial charge in [0, 0.05) is 22.9 Å².